The smallest absolute Gasteiger partial charge is 0.127 e. The first-order valence-corrected chi connectivity index (χ1v) is 7.09. The normalized spacial score (nSPS) is 12.5. The molecular formula is C16H16Cl2FN. The predicted octanol–water partition coefficient (Wildman–Crippen LogP) is 5.06. The monoisotopic (exact) mass is 311 g/mol. The van der Waals surface area contributed by atoms with Crippen molar-refractivity contribution in [3.63, 3.8) is 0 Å². The largest absolute Gasteiger partial charge is 0.309 e. The summed E-state index contributed by atoms with van der Waals surface area (Å²) in [5.74, 6) is -0.295. The van der Waals surface area contributed by atoms with Crippen LogP contribution in [0.2, 0.25) is 10.0 Å². The third-order valence-electron chi connectivity index (χ3n) is 3.50. The van der Waals surface area contributed by atoms with E-state index < -0.39 is 0 Å². The van der Waals surface area contributed by atoms with Gasteiger partial charge in [-0.25, -0.2) is 4.39 Å². The summed E-state index contributed by atoms with van der Waals surface area (Å²) in [6.45, 7) is 3.69. The third-order valence-corrected chi connectivity index (χ3v) is 4.24. The van der Waals surface area contributed by atoms with Crippen molar-refractivity contribution in [2.45, 2.75) is 19.9 Å². The van der Waals surface area contributed by atoms with Crippen LogP contribution in [0.3, 0.4) is 0 Å². The minimum atomic E-state index is -0.295. The zero-order valence-electron chi connectivity index (χ0n) is 11.6. The molecule has 0 spiro atoms. The molecule has 0 radical (unpaired) electrons. The minimum Gasteiger partial charge on any atom is -0.309 e. The molecule has 2 aromatic rings. The van der Waals surface area contributed by atoms with Gasteiger partial charge in [-0.2, -0.15) is 0 Å². The second-order valence-corrected chi connectivity index (χ2v) is 5.61. The highest BCUT2D eigenvalue weighted by molar-refractivity contribution is 6.32. The van der Waals surface area contributed by atoms with Gasteiger partial charge in [-0.3, -0.25) is 0 Å². The van der Waals surface area contributed by atoms with E-state index in [-0.39, 0.29) is 11.9 Å². The summed E-state index contributed by atoms with van der Waals surface area (Å²) in [6.07, 6.45) is 0. The molecule has 4 heteroatoms. The summed E-state index contributed by atoms with van der Waals surface area (Å²) < 4.78 is 13.5. The highest BCUT2D eigenvalue weighted by Gasteiger charge is 2.19. The van der Waals surface area contributed by atoms with Crippen LogP contribution in [0.1, 0.15) is 28.3 Å². The van der Waals surface area contributed by atoms with Crippen LogP contribution in [0.5, 0.6) is 0 Å². The Morgan fingerprint density at radius 3 is 2.40 bits per heavy atom. The van der Waals surface area contributed by atoms with Crippen LogP contribution in [-0.4, -0.2) is 7.05 Å². The molecule has 0 amide bonds. The van der Waals surface area contributed by atoms with Gasteiger partial charge in [0.25, 0.3) is 0 Å². The Kier molecular flexibility index (Phi) is 4.69. The van der Waals surface area contributed by atoms with Gasteiger partial charge in [0.2, 0.25) is 0 Å². The lowest BCUT2D eigenvalue weighted by molar-refractivity contribution is 0.614. The molecule has 0 fully saturated rings. The van der Waals surface area contributed by atoms with E-state index in [0.717, 1.165) is 16.7 Å². The fraction of sp³-hybridized carbons (Fsp3) is 0.250. The second-order valence-electron chi connectivity index (χ2n) is 4.80. The van der Waals surface area contributed by atoms with Crippen molar-refractivity contribution in [2.75, 3.05) is 7.05 Å². The van der Waals surface area contributed by atoms with Crippen molar-refractivity contribution in [2.24, 2.45) is 0 Å². The standard InChI is InChI=1S/C16H16Cl2FN/c1-9-7-12(14(18)8-15(9)19)16(20-3)11-5-4-6-13(17)10(11)2/h4-8,16,20H,1-3H3. The number of rotatable bonds is 3. The molecule has 2 rings (SSSR count). The summed E-state index contributed by atoms with van der Waals surface area (Å²) in [5.41, 5.74) is 3.45. The zero-order valence-corrected chi connectivity index (χ0v) is 13.1. The molecule has 1 unspecified atom stereocenters. The molecule has 0 saturated carbocycles. The van der Waals surface area contributed by atoms with Crippen molar-refractivity contribution in [3.05, 3.63) is 68.4 Å². The Hall–Kier alpha value is -1.09. The molecule has 106 valence electrons. The Morgan fingerprint density at radius 1 is 1.05 bits per heavy atom. The summed E-state index contributed by atoms with van der Waals surface area (Å²) in [4.78, 5) is 0. The van der Waals surface area contributed by atoms with E-state index in [4.69, 9.17) is 23.2 Å². The summed E-state index contributed by atoms with van der Waals surface area (Å²) in [6, 6.07) is 8.76. The van der Waals surface area contributed by atoms with Crippen molar-refractivity contribution in [1.82, 2.24) is 5.32 Å². The molecule has 20 heavy (non-hydrogen) atoms. The van der Waals surface area contributed by atoms with Gasteiger partial charge < -0.3 is 5.32 Å². The average Bonchev–Trinajstić information content (AvgIpc) is 2.41. The van der Waals surface area contributed by atoms with Gasteiger partial charge in [0, 0.05) is 10.0 Å². The SMILES string of the molecule is CNC(c1cc(C)c(F)cc1Cl)c1cccc(Cl)c1C. The molecule has 2 aromatic carbocycles. The molecule has 0 aromatic heterocycles. The van der Waals surface area contributed by atoms with Crippen LogP contribution in [0.25, 0.3) is 0 Å². The molecule has 0 aliphatic rings. The van der Waals surface area contributed by atoms with E-state index in [1.165, 1.54) is 6.07 Å². The number of benzene rings is 2. The average molecular weight is 312 g/mol. The Balaban J connectivity index is 2.58. The molecule has 0 aliphatic carbocycles. The zero-order chi connectivity index (χ0) is 14.9. The van der Waals surface area contributed by atoms with Gasteiger partial charge in [-0.05, 0) is 61.3 Å². The number of nitrogens with one attached hydrogen (secondary N) is 1. The van der Waals surface area contributed by atoms with E-state index in [1.54, 1.807) is 13.0 Å². The molecule has 0 bridgehead atoms. The minimum absolute atomic E-state index is 0.125. The molecule has 1 nitrogen and oxygen atoms in total. The molecule has 1 N–H and O–H groups in total. The van der Waals surface area contributed by atoms with Gasteiger partial charge >= 0.3 is 0 Å². The quantitative estimate of drug-likeness (QED) is 0.835. The van der Waals surface area contributed by atoms with Crippen LogP contribution in [-0.2, 0) is 0 Å². The van der Waals surface area contributed by atoms with Gasteiger partial charge in [-0.1, -0.05) is 35.3 Å². The van der Waals surface area contributed by atoms with E-state index in [0.29, 0.717) is 15.6 Å². The predicted molar refractivity (Wildman–Crippen MR) is 83.2 cm³/mol. The molecule has 0 saturated heterocycles. The van der Waals surface area contributed by atoms with Crippen molar-refractivity contribution in [1.29, 1.82) is 0 Å². The fourth-order valence-corrected chi connectivity index (χ4v) is 2.76. The van der Waals surface area contributed by atoms with Crippen LogP contribution < -0.4 is 5.32 Å². The first-order chi connectivity index (χ1) is 9.45. The Bertz CT molecular complexity index is 641. The molecule has 0 heterocycles. The van der Waals surface area contributed by atoms with Gasteiger partial charge in [0.05, 0.1) is 6.04 Å². The first-order valence-electron chi connectivity index (χ1n) is 6.33. The Morgan fingerprint density at radius 2 is 1.75 bits per heavy atom. The molecular weight excluding hydrogens is 296 g/mol. The highest BCUT2D eigenvalue weighted by Crippen LogP contribution is 2.33. The maximum atomic E-state index is 13.5. The highest BCUT2D eigenvalue weighted by atomic mass is 35.5. The van der Waals surface area contributed by atoms with Crippen LogP contribution in [0, 0.1) is 19.7 Å². The van der Waals surface area contributed by atoms with Crippen molar-refractivity contribution >= 4 is 23.2 Å². The lowest BCUT2D eigenvalue weighted by Crippen LogP contribution is -2.19. The number of halogens is 3. The van der Waals surface area contributed by atoms with Crippen LogP contribution in [0.4, 0.5) is 4.39 Å². The number of hydrogen-bond acceptors (Lipinski definition) is 1. The lowest BCUT2D eigenvalue weighted by atomic mass is 9.94. The lowest BCUT2D eigenvalue weighted by Gasteiger charge is -2.21. The van der Waals surface area contributed by atoms with E-state index >= 15 is 0 Å². The molecule has 0 aliphatic heterocycles. The van der Waals surface area contributed by atoms with Crippen molar-refractivity contribution < 1.29 is 4.39 Å². The van der Waals surface area contributed by atoms with E-state index in [1.807, 2.05) is 32.2 Å². The topological polar surface area (TPSA) is 12.0 Å². The maximum absolute atomic E-state index is 13.5. The Labute approximate surface area is 128 Å². The maximum Gasteiger partial charge on any atom is 0.127 e. The third kappa shape index (κ3) is 2.83. The summed E-state index contributed by atoms with van der Waals surface area (Å²) >= 11 is 12.4. The first kappa shape index (κ1) is 15.3. The van der Waals surface area contributed by atoms with Crippen LogP contribution >= 0.6 is 23.2 Å². The summed E-state index contributed by atoms with van der Waals surface area (Å²) in [7, 11) is 1.85. The van der Waals surface area contributed by atoms with E-state index in [2.05, 4.69) is 5.32 Å². The fourth-order valence-electron chi connectivity index (χ4n) is 2.32. The number of aryl methyl sites for hydroxylation is 1. The summed E-state index contributed by atoms with van der Waals surface area (Å²) in [5, 5.41) is 4.34. The van der Waals surface area contributed by atoms with Crippen LogP contribution in [0.15, 0.2) is 30.3 Å². The van der Waals surface area contributed by atoms with E-state index in [9.17, 15) is 4.39 Å². The molecule has 1 atom stereocenters. The van der Waals surface area contributed by atoms with Crippen molar-refractivity contribution in [3.8, 4) is 0 Å². The number of hydrogen-bond donors (Lipinski definition) is 1. The second kappa shape index (κ2) is 6.13. The van der Waals surface area contributed by atoms with Gasteiger partial charge in [0.15, 0.2) is 0 Å². The van der Waals surface area contributed by atoms with Gasteiger partial charge in [-0.15, -0.1) is 0 Å². The van der Waals surface area contributed by atoms with Gasteiger partial charge in [0.1, 0.15) is 5.82 Å².